The van der Waals surface area contributed by atoms with Crippen LogP contribution >= 0.6 is 0 Å². The molecule has 3 fully saturated rings. The number of carbonyl (C=O) groups is 2. The minimum Gasteiger partial charge on any atom is -0.393 e. The first-order valence-corrected chi connectivity index (χ1v) is 12.8. The van der Waals surface area contributed by atoms with Crippen molar-refractivity contribution in [2.24, 2.45) is 34.5 Å². The molecule has 33 heavy (non-hydrogen) atoms. The van der Waals surface area contributed by atoms with Gasteiger partial charge in [0.2, 0.25) is 0 Å². The van der Waals surface area contributed by atoms with E-state index in [4.69, 9.17) is 9.47 Å². The summed E-state index contributed by atoms with van der Waals surface area (Å²) in [5.41, 5.74) is -0.706. The molecule has 0 amide bonds. The van der Waals surface area contributed by atoms with Crippen LogP contribution in [-0.2, 0) is 19.1 Å². The van der Waals surface area contributed by atoms with Gasteiger partial charge in [-0.2, -0.15) is 0 Å². The van der Waals surface area contributed by atoms with Crippen LogP contribution in [0, 0.1) is 34.5 Å². The fourth-order valence-corrected chi connectivity index (χ4v) is 8.17. The molecule has 0 aromatic rings. The molecule has 4 aliphatic rings. The molecule has 186 valence electrons. The smallest absolute Gasteiger partial charge is 0.190 e. The molecule has 0 spiro atoms. The van der Waals surface area contributed by atoms with E-state index in [2.05, 4.69) is 27.7 Å². The molecule has 4 rings (SSSR count). The van der Waals surface area contributed by atoms with E-state index in [-0.39, 0.29) is 34.7 Å². The third-order valence-electron chi connectivity index (χ3n) is 9.64. The third-order valence-corrected chi connectivity index (χ3v) is 9.64. The predicted molar refractivity (Wildman–Crippen MR) is 124 cm³/mol. The van der Waals surface area contributed by atoms with Gasteiger partial charge in [-0.15, -0.1) is 0 Å². The lowest BCUT2D eigenvalue weighted by Gasteiger charge is -2.61. The fraction of sp³-hybridized carbons (Fsp3) is 0.852. The number of hydrogen-bond donors (Lipinski definition) is 2. The average molecular weight is 463 g/mol. The van der Waals surface area contributed by atoms with Crippen molar-refractivity contribution in [3.63, 3.8) is 0 Å². The summed E-state index contributed by atoms with van der Waals surface area (Å²) in [6, 6.07) is 0. The number of ether oxygens (including phenoxy) is 2. The first kappa shape index (κ1) is 25.0. The Balaban J connectivity index is 1.67. The van der Waals surface area contributed by atoms with Gasteiger partial charge in [0.1, 0.15) is 12.2 Å². The molecule has 0 aromatic carbocycles. The van der Waals surface area contributed by atoms with Gasteiger partial charge < -0.3 is 19.7 Å². The van der Waals surface area contributed by atoms with Gasteiger partial charge in [-0.25, -0.2) is 0 Å². The molecular weight excluding hydrogens is 420 g/mol. The van der Waals surface area contributed by atoms with E-state index in [1.54, 1.807) is 0 Å². The van der Waals surface area contributed by atoms with Crippen molar-refractivity contribution in [1.29, 1.82) is 0 Å². The topological polar surface area (TPSA) is 93.1 Å². The predicted octanol–water partition coefficient (Wildman–Crippen LogP) is 3.82. The number of hydrogen-bond acceptors (Lipinski definition) is 6. The monoisotopic (exact) mass is 462 g/mol. The Morgan fingerprint density at radius 2 is 1.91 bits per heavy atom. The minimum absolute atomic E-state index is 0.0818. The van der Waals surface area contributed by atoms with Crippen LogP contribution in [0.1, 0.15) is 79.6 Å². The van der Waals surface area contributed by atoms with Crippen LogP contribution in [0.15, 0.2) is 11.6 Å². The van der Waals surface area contributed by atoms with Crippen molar-refractivity contribution in [2.45, 2.75) is 97.6 Å². The van der Waals surface area contributed by atoms with Gasteiger partial charge in [0.05, 0.1) is 12.7 Å². The second kappa shape index (κ2) is 8.85. The van der Waals surface area contributed by atoms with E-state index in [1.807, 2.05) is 13.0 Å². The summed E-state index contributed by atoms with van der Waals surface area (Å²) in [4.78, 5) is 25.4. The zero-order valence-corrected chi connectivity index (χ0v) is 20.9. The highest BCUT2D eigenvalue weighted by Gasteiger charge is 2.69. The van der Waals surface area contributed by atoms with E-state index < -0.39 is 30.0 Å². The summed E-state index contributed by atoms with van der Waals surface area (Å²) in [6.07, 6.45) is 5.63. The second-order valence-electron chi connectivity index (χ2n) is 11.9. The third kappa shape index (κ3) is 3.85. The Labute approximate surface area is 198 Å². The Bertz CT molecular complexity index is 819. The summed E-state index contributed by atoms with van der Waals surface area (Å²) in [5.74, 6) is 0.806. The second-order valence-corrected chi connectivity index (χ2v) is 11.9. The fourth-order valence-electron chi connectivity index (χ4n) is 8.17. The summed E-state index contributed by atoms with van der Waals surface area (Å²) in [5, 5.41) is 21.6. The van der Waals surface area contributed by atoms with Crippen LogP contribution in [0.5, 0.6) is 0 Å². The highest BCUT2D eigenvalue weighted by Crippen LogP contribution is 2.68. The van der Waals surface area contributed by atoms with E-state index in [1.165, 1.54) is 5.57 Å². The maximum atomic E-state index is 13.3. The van der Waals surface area contributed by atoms with Crippen molar-refractivity contribution in [2.75, 3.05) is 13.2 Å². The van der Waals surface area contributed by atoms with Gasteiger partial charge in [0, 0.05) is 11.8 Å². The number of ketones is 2. The Kier molecular flexibility index (Phi) is 6.71. The summed E-state index contributed by atoms with van der Waals surface area (Å²) < 4.78 is 12.3. The summed E-state index contributed by atoms with van der Waals surface area (Å²) >= 11 is 0. The molecule has 6 nitrogen and oxygen atoms in total. The van der Waals surface area contributed by atoms with Gasteiger partial charge in [-0.3, -0.25) is 9.59 Å². The normalized spacial score (nSPS) is 43.5. The number of aliphatic hydroxyl groups is 2. The van der Waals surface area contributed by atoms with Crippen LogP contribution < -0.4 is 0 Å². The van der Waals surface area contributed by atoms with Gasteiger partial charge >= 0.3 is 0 Å². The number of allylic oxidation sites excluding steroid dienone is 1. The van der Waals surface area contributed by atoms with Gasteiger partial charge in [-0.1, -0.05) is 33.3 Å². The van der Waals surface area contributed by atoms with Gasteiger partial charge in [-0.05, 0) is 80.6 Å². The molecule has 0 aliphatic heterocycles. The number of carbonyl (C=O) groups excluding carboxylic acids is 2. The Hall–Kier alpha value is -1.08. The molecular formula is C27H42O6. The molecule has 0 saturated heterocycles. The lowest BCUT2D eigenvalue weighted by molar-refractivity contribution is -0.250. The van der Waals surface area contributed by atoms with E-state index in [0.29, 0.717) is 31.8 Å². The van der Waals surface area contributed by atoms with Crippen molar-refractivity contribution < 1.29 is 29.3 Å². The zero-order valence-electron chi connectivity index (χ0n) is 20.9. The number of rotatable bonds is 7. The molecule has 1 unspecified atom stereocenters. The molecule has 0 heterocycles. The van der Waals surface area contributed by atoms with Crippen molar-refractivity contribution in [1.82, 2.24) is 0 Å². The van der Waals surface area contributed by atoms with Gasteiger partial charge in [0.15, 0.2) is 17.9 Å². The maximum absolute atomic E-state index is 13.3. The van der Waals surface area contributed by atoms with Crippen LogP contribution in [0.3, 0.4) is 0 Å². The number of Topliss-reactive ketones (excluding diaryl/α,β-unsaturated/α-hetero) is 1. The molecule has 8 atom stereocenters. The van der Waals surface area contributed by atoms with Crippen LogP contribution in [0.4, 0.5) is 0 Å². The summed E-state index contributed by atoms with van der Waals surface area (Å²) in [6.45, 7) is 10.2. The first-order chi connectivity index (χ1) is 15.5. The molecule has 2 N–H and O–H groups in total. The van der Waals surface area contributed by atoms with E-state index in [9.17, 15) is 19.8 Å². The molecule has 0 radical (unpaired) electrons. The van der Waals surface area contributed by atoms with Crippen LogP contribution in [-0.4, -0.2) is 53.0 Å². The zero-order chi connectivity index (χ0) is 24.2. The van der Waals surface area contributed by atoms with E-state index in [0.717, 1.165) is 25.7 Å². The van der Waals surface area contributed by atoms with Crippen LogP contribution in [0.25, 0.3) is 0 Å². The largest absolute Gasteiger partial charge is 0.393 e. The van der Waals surface area contributed by atoms with Crippen molar-refractivity contribution >= 4 is 11.6 Å². The Morgan fingerprint density at radius 1 is 1.18 bits per heavy atom. The lowest BCUT2D eigenvalue weighted by atomic mass is 9.45. The average Bonchev–Trinajstić information content (AvgIpc) is 3.04. The van der Waals surface area contributed by atoms with Crippen molar-refractivity contribution in [3.05, 3.63) is 11.6 Å². The number of fused-ring (bicyclic) bond motifs is 5. The maximum Gasteiger partial charge on any atom is 0.190 e. The number of aliphatic hydroxyl groups excluding tert-OH is 2. The molecule has 4 aliphatic carbocycles. The molecule has 3 saturated carbocycles. The first-order valence-electron chi connectivity index (χ1n) is 12.8. The Morgan fingerprint density at radius 3 is 2.58 bits per heavy atom. The summed E-state index contributed by atoms with van der Waals surface area (Å²) in [7, 11) is 0. The standard InChI is InChI=1S/C27H42O6/c1-16(2)15-32-17(3)33-27(23(31)14-28)11-9-21-20-7-6-18-12-19(29)8-10-25(18,4)24(20)22(30)13-26(21,27)5/h12,16-17,20-22,24,28,30H,6-11,13-15H2,1-5H3/t17?,20-,21-,22-,24+,25-,26-,27-/m0/s1. The van der Waals surface area contributed by atoms with Crippen molar-refractivity contribution in [3.8, 4) is 0 Å². The van der Waals surface area contributed by atoms with Gasteiger partial charge in [0.25, 0.3) is 0 Å². The minimum atomic E-state index is -1.16. The highest BCUT2D eigenvalue weighted by molar-refractivity contribution is 5.92. The quantitative estimate of drug-likeness (QED) is 0.559. The SMILES string of the molecule is CC(C)COC(C)O[C@]1(C(=O)CO)CC[C@H]2[C@@H]3CCC4=CC(=O)CC[C@]4(C)[C@H]3[C@@H](O)C[C@@]21C. The van der Waals surface area contributed by atoms with Crippen LogP contribution in [0.2, 0.25) is 0 Å². The lowest BCUT2D eigenvalue weighted by Crippen LogP contribution is -2.63. The highest BCUT2D eigenvalue weighted by atomic mass is 16.7. The molecule has 0 bridgehead atoms. The molecule has 0 aromatic heterocycles. The van der Waals surface area contributed by atoms with E-state index >= 15 is 0 Å². The molecule has 6 heteroatoms.